The van der Waals surface area contributed by atoms with Crippen molar-refractivity contribution < 1.29 is 13.6 Å². The van der Waals surface area contributed by atoms with E-state index in [0.717, 1.165) is 37.0 Å². The quantitative estimate of drug-likeness (QED) is 0.888. The van der Waals surface area contributed by atoms with Gasteiger partial charge in [-0.3, -0.25) is 4.79 Å². The summed E-state index contributed by atoms with van der Waals surface area (Å²) in [7, 11) is 0. The maximum Gasteiger partial charge on any atom is 0.232 e. The van der Waals surface area contributed by atoms with Crippen LogP contribution in [0.1, 0.15) is 29.9 Å². The van der Waals surface area contributed by atoms with E-state index in [9.17, 15) is 13.6 Å². The van der Waals surface area contributed by atoms with Gasteiger partial charge in [0.2, 0.25) is 5.91 Å². The molecule has 21 heavy (non-hydrogen) atoms. The summed E-state index contributed by atoms with van der Waals surface area (Å²) >= 11 is 0. The fourth-order valence-electron chi connectivity index (χ4n) is 2.84. The zero-order valence-corrected chi connectivity index (χ0v) is 11.4. The van der Waals surface area contributed by atoms with Crippen LogP contribution in [0.5, 0.6) is 0 Å². The highest BCUT2D eigenvalue weighted by Gasteiger charge is 2.26. The van der Waals surface area contributed by atoms with E-state index in [2.05, 4.69) is 5.32 Å². The third-order valence-corrected chi connectivity index (χ3v) is 3.87. The molecule has 1 atom stereocenters. The van der Waals surface area contributed by atoms with Crippen molar-refractivity contribution in [3.63, 3.8) is 0 Å². The van der Waals surface area contributed by atoms with Crippen LogP contribution >= 0.6 is 0 Å². The minimum Gasteiger partial charge on any atom is -0.323 e. The molecule has 1 amide bonds. The summed E-state index contributed by atoms with van der Waals surface area (Å²) in [5, 5.41) is 2.57. The van der Waals surface area contributed by atoms with E-state index in [1.165, 1.54) is 11.6 Å². The molecular formula is C17H15F2NO. The van der Waals surface area contributed by atoms with Gasteiger partial charge in [-0.2, -0.15) is 0 Å². The Morgan fingerprint density at radius 3 is 2.76 bits per heavy atom. The molecular weight excluding hydrogens is 272 g/mol. The van der Waals surface area contributed by atoms with E-state index in [1.807, 2.05) is 24.3 Å². The van der Waals surface area contributed by atoms with Crippen molar-refractivity contribution in [2.45, 2.75) is 25.2 Å². The fraction of sp³-hybridized carbons (Fsp3) is 0.235. The third kappa shape index (κ3) is 2.79. The van der Waals surface area contributed by atoms with Gasteiger partial charge in [-0.05, 0) is 42.5 Å². The zero-order chi connectivity index (χ0) is 14.8. The number of hydrogen-bond donors (Lipinski definition) is 1. The minimum absolute atomic E-state index is 0.0180. The molecule has 3 rings (SSSR count). The van der Waals surface area contributed by atoms with Crippen molar-refractivity contribution in [3.8, 4) is 0 Å². The number of nitrogens with one attached hydrogen (secondary N) is 1. The van der Waals surface area contributed by atoms with Gasteiger partial charge in [-0.15, -0.1) is 0 Å². The first-order valence-corrected chi connectivity index (χ1v) is 6.99. The number of carbonyl (C=O) groups excluding carboxylic acids is 1. The number of amides is 1. The van der Waals surface area contributed by atoms with Gasteiger partial charge in [0.15, 0.2) is 0 Å². The molecule has 0 saturated carbocycles. The summed E-state index contributed by atoms with van der Waals surface area (Å²) in [6.45, 7) is 0. The van der Waals surface area contributed by atoms with Crippen LogP contribution in [0.4, 0.5) is 14.5 Å². The topological polar surface area (TPSA) is 29.1 Å². The summed E-state index contributed by atoms with van der Waals surface area (Å²) in [5.74, 6) is -1.94. The molecule has 2 nitrogen and oxygen atoms in total. The smallest absolute Gasteiger partial charge is 0.232 e. The lowest BCUT2D eigenvalue weighted by Gasteiger charge is -2.24. The van der Waals surface area contributed by atoms with Gasteiger partial charge < -0.3 is 5.32 Å². The molecule has 4 heteroatoms. The SMILES string of the molecule is O=C(Nc1ccc(F)cc1F)C1CCCc2ccccc21. The van der Waals surface area contributed by atoms with E-state index < -0.39 is 11.6 Å². The predicted molar refractivity (Wildman–Crippen MR) is 77.1 cm³/mol. The van der Waals surface area contributed by atoms with Crippen LogP contribution in [0, 0.1) is 11.6 Å². The molecule has 2 aromatic carbocycles. The van der Waals surface area contributed by atoms with Crippen LogP contribution in [-0.4, -0.2) is 5.91 Å². The summed E-state index contributed by atoms with van der Waals surface area (Å²) in [4.78, 5) is 12.4. The number of aryl methyl sites for hydroxylation is 1. The Labute approximate surface area is 121 Å². The molecule has 0 saturated heterocycles. The fourth-order valence-corrected chi connectivity index (χ4v) is 2.84. The van der Waals surface area contributed by atoms with Crippen LogP contribution in [0.2, 0.25) is 0 Å². The lowest BCUT2D eigenvalue weighted by molar-refractivity contribution is -0.117. The summed E-state index contributed by atoms with van der Waals surface area (Å²) in [6, 6.07) is 11.0. The van der Waals surface area contributed by atoms with Gasteiger partial charge in [-0.1, -0.05) is 24.3 Å². The second kappa shape index (κ2) is 5.64. The van der Waals surface area contributed by atoms with Gasteiger partial charge in [0.1, 0.15) is 11.6 Å². The number of benzene rings is 2. The monoisotopic (exact) mass is 287 g/mol. The molecule has 0 spiro atoms. The standard InChI is InChI=1S/C17H15F2NO/c18-12-8-9-16(15(19)10-12)20-17(21)14-7-3-5-11-4-1-2-6-13(11)14/h1-2,4,6,8-10,14H,3,5,7H2,(H,20,21). The number of hydrogen-bond acceptors (Lipinski definition) is 1. The summed E-state index contributed by atoms with van der Waals surface area (Å²) in [5.41, 5.74) is 2.19. The number of rotatable bonds is 2. The van der Waals surface area contributed by atoms with E-state index >= 15 is 0 Å². The normalized spacial score (nSPS) is 17.1. The maximum absolute atomic E-state index is 13.6. The molecule has 1 aliphatic rings. The first-order valence-electron chi connectivity index (χ1n) is 6.99. The van der Waals surface area contributed by atoms with Gasteiger partial charge in [0, 0.05) is 6.07 Å². The first kappa shape index (κ1) is 13.7. The van der Waals surface area contributed by atoms with Crippen molar-refractivity contribution in [1.29, 1.82) is 0 Å². The minimum atomic E-state index is -0.757. The van der Waals surface area contributed by atoms with Gasteiger partial charge in [0.05, 0.1) is 11.6 Å². The van der Waals surface area contributed by atoms with Gasteiger partial charge in [-0.25, -0.2) is 8.78 Å². The summed E-state index contributed by atoms with van der Waals surface area (Å²) in [6.07, 6.45) is 2.64. The molecule has 2 aromatic rings. The average molecular weight is 287 g/mol. The van der Waals surface area contributed by atoms with Crippen LogP contribution in [0.3, 0.4) is 0 Å². The van der Waals surface area contributed by atoms with Crippen LogP contribution in [0.15, 0.2) is 42.5 Å². The van der Waals surface area contributed by atoms with E-state index in [-0.39, 0.29) is 17.5 Å². The Bertz CT molecular complexity index is 684. The molecule has 0 fully saturated rings. The number of anilines is 1. The molecule has 108 valence electrons. The van der Waals surface area contributed by atoms with Gasteiger partial charge >= 0.3 is 0 Å². The number of halogens is 2. The Balaban J connectivity index is 1.83. The van der Waals surface area contributed by atoms with Crippen molar-refractivity contribution in [3.05, 3.63) is 65.2 Å². The van der Waals surface area contributed by atoms with Crippen LogP contribution in [-0.2, 0) is 11.2 Å². The lowest BCUT2D eigenvalue weighted by Crippen LogP contribution is -2.25. The molecule has 0 aliphatic heterocycles. The molecule has 1 aliphatic carbocycles. The molecule has 1 N–H and O–H groups in total. The number of carbonyl (C=O) groups is 1. The van der Waals surface area contributed by atoms with E-state index in [1.54, 1.807) is 0 Å². The zero-order valence-electron chi connectivity index (χ0n) is 11.4. The van der Waals surface area contributed by atoms with Crippen molar-refractivity contribution >= 4 is 11.6 Å². The van der Waals surface area contributed by atoms with Gasteiger partial charge in [0.25, 0.3) is 0 Å². The molecule has 0 aromatic heterocycles. The highest BCUT2D eigenvalue weighted by molar-refractivity contribution is 5.96. The highest BCUT2D eigenvalue weighted by atomic mass is 19.1. The van der Waals surface area contributed by atoms with Crippen molar-refractivity contribution in [1.82, 2.24) is 0 Å². The van der Waals surface area contributed by atoms with Crippen LogP contribution in [0.25, 0.3) is 0 Å². The molecule has 0 bridgehead atoms. The molecule has 0 heterocycles. The first-order chi connectivity index (χ1) is 10.1. The Kier molecular flexibility index (Phi) is 3.69. The highest BCUT2D eigenvalue weighted by Crippen LogP contribution is 2.32. The molecule has 1 unspecified atom stereocenters. The largest absolute Gasteiger partial charge is 0.323 e. The second-order valence-corrected chi connectivity index (χ2v) is 5.26. The van der Waals surface area contributed by atoms with Crippen molar-refractivity contribution in [2.24, 2.45) is 0 Å². The Hall–Kier alpha value is -2.23. The third-order valence-electron chi connectivity index (χ3n) is 3.87. The predicted octanol–water partition coefficient (Wildman–Crippen LogP) is 4.02. The molecule has 0 radical (unpaired) electrons. The second-order valence-electron chi connectivity index (χ2n) is 5.26. The Morgan fingerprint density at radius 1 is 1.14 bits per heavy atom. The van der Waals surface area contributed by atoms with Crippen molar-refractivity contribution in [2.75, 3.05) is 5.32 Å². The maximum atomic E-state index is 13.6. The van der Waals surface area contributed by atoms with Crippen LogP contribution < -0.4 is 5.32 Å². The average Bonchev–Trinajstić information content (AvgIpc) is 2.49. The lowest BCUT2D eigenvalue weighted by atomic mass is 9.82. The van der Waals surface area contributed by atoms with E-state index in [0.29, 0.717) is 0 Å². The summed E-state index contributed by atoms with van der Waals surface area (Å²) < 4.78 is 26.5. The number of fused-ring (bicyclic) bond motifs is 1. The van der Waals surface area contributed by atoms with E-state index in [4.69, 9.17) is 0 Å². The Morgan fingerprint density at radius 2 is 1.95 bits per heavy atom.